The fourth-order valence-corrected chi connectivity index (χ4v) is 4.54. The van der Waals surface area contributed by atoms with E-state index in [0.717, 1.165) is 42.0 Å². The maximum Gasteiger partial charge on any atom is 0.255 e. The monoisotopic (exact) mass is 373 g/mol. The number of rotatable bonds is 2. The van der Waals surface area contributed by atoms with Crippen molar-refractivity contribution in [2.45, 2.75) is 44.2 Å². The first-order valence-corrected chi connectivity index (χ1v) is 9.49. The zero-order valence-corrected chi connectivity index (χ0v) is 15.7. The summed E-state index contributed by atoms with van der Waals surface area (Å²) in [4.78, 5) is 42.1. The molecule has 7 heteroatoms. The number of benzene rings is 1. The van der Waals surface area contributed by atoms with E-state index >= 15 is 0 Å². The Bertz CT molecular complexity index is 817. The molecule has 0 bridgehead atoms. The number of nitrogens with zero attached hydrogens (tertiary/aromatic N) is 3. The van der Waals surface area contributed by atoms with Crippen LogP contribution in [0.2, 0.25) is 0 Å². The van der Waals surface area contributed by atoms with Crippen molar-refractivity contribution in [2.24, 2.45) is 0 Å². The van der Waals surface area contributed by atoms with Crippen molar-refractivity contribution >= 4 is 17.7 Å². The lowest BCUT2D eigenvalue weighted by molar-refractivity contribution is -0.150. The van der Waals surface area contributed by atoms with Gasteiger partial charge in [0, 0.05) is 25.6 Å². The SMILES string of the molecule is CN1CCC(c2cc(F)cc3c2CN(C2CCC(=O)N(C)C2=O)C3=O)CC1. The number of carbonyl (C=O) groups is 3. The van der Waals surface area contributed by atoms with Gasteiger partial charge in [-0.1, -0.05) is 0 Å². The van der Waals surface area contributed by atoms with Gasteiger partial charge in [-0.25, -0.2) is 4.39 Å². The van der Waals surface area contributed by atoms with Gasteiger partial charge in [-0.3, -0.25) is 19.3 Å². The molecule has 1 unspecified atom stereocenters. The highest BCUT2D eigenvalue weighted by Crippen LogP contribution is 2.37. The minimum atomic E-state index is -0.652. The Balaban J connectivity index is 1.65. The molecule has 0 aliphatic carbocycles. The highest BCUT2D eigenvalue weighted by Gasteiger charge is 2.42. The largest absolute Gasteiger partial charge is 0.322 e. The van der Waals surface area contributed by atoms with E-state index in [0.29, 0.717) is 18.5 Å². The van der Waals surface area contributed by atoms with Crippen molar-refractivity contribution in [3.05, 3.63) is 34.6 Å². The topological polar surface area (TPSA) is 60.9 Å². The van der Waals surface area contributed by atoms with E-state index in [4.69, 9.17) is 0 Å². The Labute approximate surface area is 157 Å². The molecule has 0 radical (unpaired) electrons. The summed E-state index contributed by atoms with van der Waals surface area (Å²) in [5.41, 5.74) is 2.13. The molecule has 6 nitrogen and oxygen atoms in total. The number of likely N-dealkylation sites (N-methyl/N-ethyl adjacent to an activating group) is 1. The molecule has 1 aromatic rings. The molecular formula is C20H24FN3O3. The fraction of sp³-hybridized carbons (Fsp3) is 0.550. The third-order valence-corrected chi connectivity index (χ3v) is 6.22. The zero-order chi connectivity index (χ0) is 19.3. The van der Waals surface area contributed by atoms with Gasteiger partial charge in [0.15, 0.2) is 0 Å². The third-order valence-electron chi connectivity index (χ3n) is 6.22. The van der Waals surface area contributed by atoms with Crippen LogP contribution in [0, 0.1) is 5.82 Å². The van der Waals surface area contributed by atoms with Crippen LogP contribution in [-0.4, -0.2) is 65.6 Å². The van der Waals surface area contributed by atoms with Crippen LogP contribution in [0.3, 0.4) is 0 Å². The molecule has 1 aromatic carbocycles. The Kier molecular flexibility index (Phi) is 4.50. The van der Waals surface area contributed by atoms with E-state index < -0.39 is 11.9 Å². The third kappa shape index (κ3) is 3.04. The van der Waals surface area contributed by atoms with Crippen LogP contribution in [0.5, 0.6) is 0 Å². The van der Waals surface area contributed by atoms with Crippen molar-refractivity contribution in [1.82, 2.24) is 14.7 Å². The maximum absolute atomic E-state index is 14.3. The van der Waals surface area contributed by atoms with Crippen molar-refractivity contribution in [1.29, 1.82) is 0 Å². The van der Waals surface area contributed by atoms with Crippen molar-refractivity contribution in [3.63, 3.8) is 0 Å². The van der Waals surface area contributed by atoms with E-state index in [1.54, 1.807) is 6.07 Å². The van der Waals surface area contributed by atoms with Crippen LogP contribution in [0.25, 0.3) is 0 Å². The first-order valence-electron chi connectivity index (χ1n) is 9.49. The molecule has 0 spiro atoms. The number of hydrogen-bond donors (Lipinski definition) is 0. The Morgan fingerprint density at radius 2 is 1.74 bits per heavy atom. The second-order valence-electron chi connectivity index (χ2n) is 7.88. The number of halogens is 1. The van der Waals surface area contributed by atoms with Gasteiger partial charge in [-0.2, -0.15) is 0 Å². The van der Waals surface area contributed by atoms with Crippen LogP contribution >= 0.6 is 0 Å². The molecule has 0 saturated carbocycles. The lowest BCUT2D eigenvalue weighted by Crippen LogP contribution is -2.53. The van der Waals surface area contributed by atoms with Crippen LogP contribution in [0.15, 0.2) is 12.1 Å². The van der Waals surface area contributed by atoms with Crippen molar-refractivity contribution < 1.29 is 18.8 Å². The molecule has 3 heterocycles. The van der Waals surface area contributed by atoms with Gasteiger partial charge in [-0.05, 0) is 68.6 Å². The summed E-state index contributed by atoms with van der Waals surface area (Å²) in [6, 6.07) is 2.20. The molecule has 3 aliphatic rings. The Hall–Kier alpha value is -2.28. The number of carbonyl (C=O) groups excluding carboxylic acids is 3. The Morgan fingerprint density at radius 1 is 1.04 bits per heavy atom. The van der Waals surface area contributed by atoms with Crippen LogP contribution in [0.1, 0.15) is 53.1 Å². The molecule has 3 aliphatic heterocycles. The predicted molar refractivity (Wildman–Crippen MR) is 96.5 cm³/mol. The summed E-state index contributed by atoms with van der Waals surface area (Å²) in [6.07, 6.45) is 2.43. The van der Waals surface area contributed by atoms with Gasteiger partial charge in [0.05, 0.1) is 0 Å². The van der Waals surface area contributed by atoms with E-state index in [1.165, 1.54) is 18.0 Å². The van der Waals surface area contributed by atoms with Crippen LogP contribution < -0.4 is 0 Å². The molecule has 1 atom stereocenters. The summed E-state index contributed by atoms with van der Waals surface area (Å²) in [6.45, 7) is 2.21. The number of piperidine rings is 2. The number of hydrogen-bond acceptors (Lipinski definition) is 4. The summed E-state index contributed by atoms with van der Waals surface area (Å²) in [5.74, 6) is -1.06. The number of fused-ring (bicyclic) bond motifs is 1. The molecule has 2 saturated heterocycles. The molecule has 27 heavy (non-hydrogen) atoms. The average molecular weight is 373 g/mol. The summed E-state index contributed by atoms with van der Waals surface area (Å²) in [7, 11) is 3.53. The van der Waals surface area contributed by atoms with Crippen LogP contribution in [0.4, 0.5) is 4.39 Å². The second kappa shape index (κ2) is 6.71. The minimum Gasteiger partial charge on any atom is -0.322 e. The highest BCUT2D eigenvalue weighted by atomic mass is 19.1. The van der Waals surface area contributed by atoms with Gasteiger partial charge < -0.3 is 9.80 Å². The fourth-order valence-electron chi connectivity index (χ4n) is 4.54. The van der Waals surface area contributed by atoms with Crippen molar-refractivity contribution in [2.75, 3.05) is 27.2 Å². The first kappa shape index (κ1) is 18.1. The number of likely N-dealkylation sites (tertiary alicyclic amines) is 2. The molecule has 144 valence electrons. The number of amides is 3. The van der Waals surface area contributed by atoms with Gasteiger partial charge in [-0.15, -0.1) is 0 Å². The minimum absolute atomic E-state index is 0.224. The van der Waals surface area contributed by atoms with E-state index in [2.05, 4.69) is 11.9 Å². The van der Waals surface area contributed by atoms with Gasteiger partial charge in [0.25, 0.3) is 11.8 Å². The molecule has 0 N–H and O–H groups in total. The zero-order valence-electron chi connectivity index (χ0n) is 15.7. The lowest BCUT2D eigenvalue weighted by atomic mass is 9.85. The summed E-state index contributed by atoms with van der Waals surface area (Å²) < 4.78 is 14.3. The molecule has 0 aromatic heterocycles. The van der Waals surface area contributed by atoms with Gasteiger partial charge >= 0.3 is 0 Å². The first-order chi connectivity index (χ1) is 12.9. The smallest absolute Gasteiger partial charge is 0.255 e. The Morgan fingerprint density at radius 3 is 2.44 bits per heavy atom. The maximum atomic E-state index is 14.3. The predicted octanol–water partition coefficient (Wildman–Crippen LogP) is 1.74. The second-order valence-corrected chi connectivity index (χ2v) is 7.88. The quantitative estimate of drug-likeness (QED) is 0.741. The van der Waals surface area contributed by atoms with E-state index in [1.807, 2.05) is 0 Å². The molecule has 2 fully saturated rings. The number of imide groups is 1. The standard InChI is InChI=1S/C20H24FN3O3/c1-22-7-5-12(6-8-22)14-9-13(21)10-15-16(14)11-24(19(15)26)17-3-4-18(25)23(2)20(17)27/h9-10,12,17H,3-8,11H2,1-2H3. The lowest BCUT2D eigenvalue weighted by Gasteiger charge is -2.34. The molecule has 4 rings (SSSR count). The van der Waals surface area contributed by atoms with Crippen LogP contribution in [-0.2, 0) is 16.1 Å². The highest BCUT2D eigenvalue weighted by molar-refractivity contribution is 6.05. The van der Waals surface area contributed by atoms with Gasteiger partial charge in [0.1, 0.15) is 11.9 Å². The van der Waals surface area contributed by atoms with E-state index in [9.17, 15) is 18.8 Å². The molecule has 3 amide bonds. The van der Waals surface area contributed by atoms with Crippen molar-refractivity contribution in [3.8, 4) is 0 Å². The average Bonchev–Trinajstić information content (AvgIpc) is 2.97. The normalized spacial score (nSPS) is 24.7. The van der Waals surface area contributed by atoms with E-state index in [-0.39, 0.29) is 30.1 Å². The summed E-state index contributed by atoms with van der Waals surface area (Å²) >= 11 is 0. The summed E-state index contributed by atoms with van der Waals surface area (Å²) in [5, 5.41) is 0. The van der Waals surface area contributed by atoms with Gasteiger partial charge in [0.2, 0.25) is 5.91 Å². The molecular weight excluding hydrogens is 349 g/mol.